The van der Waals surface area contributed by atoms with Gasteiger partial charge in [-0.05, 0) is 31.7 Å². The minimum atomic E-state index is -0.698. The Morgan fingerprint density at radius 1 is 1.62 bits per heavy atom. The minimum absolute atomic E-state index is 0.220. The van der Waals surface area contributed by atoms with Gasteiger partial charge in [0.1, 0.15) is 0 Å². The van der Waals surface area contributed by atoms with Crippen LogP contribution in [-0.2, 0) is 4.79 Å². The van der Waals surface area contributed by atoms with Crippen LogP contribution in [0, 0.1) is 5.92 Å². The molecule has 1 N–H and O–H groups in total. The summed E-state index contributed by atoms with van der Waals surface area (Å²) in [7, 11) is 0. The van der Waals surface area contributed by atoms with E-state index in [0.717, 1.165) is 19.4 Å². The van der Waals surface area contributed by atoms with Crippen molar-refractivity contribution in [2.75, 3.05) is 13.1 Å². The summed E-state index contributed by atoms with van der Waals surface area (Å²) in [6.45, 7) is 5.57. The van der Waals surface area contributed by atoms with Crippen LogP contribution in [0.25, 0.3) is 0 Å². The number of aliphatic carboxylic acids is 1. The van der Waals surface area contributed by atoms with Crippen molar-refractivity contribution in [3.8, 4) is 0 Å². The Labute approximate surface area is 79.7 Å². The van der Waals surface area contributed by atoms with Gasteiger partial charge in [0.25, 0.3) is 0 Å². The van der Waals surface area contributed by atoms with Gasteiger partial charge >= 0.3 is 5.97 Å². The molecule has 0 aliphatic carbocycles. The molecule has 0 spiro atoms. The maximum absolute atomic E-state index is 10.5. The van der Waals surface area contributed by atoms with Crippen LogP contribution in [0.15, 0.2) is 0 Å². The van der Waals surface area contributed by atoms with E-state index in [1.54, 1.807) is 0 Å². The van der Waals surface area contributed by atoms with E-state index < -0.39 is 5.97 Å². The molecular formula is C10H19NO2. The third-order valence-corrected chi connectivity index (χ3v) is 2.58. The van der Waals surface area contributed by atoms with Gasteiger partial charge in [0, 0.05) is 6.04 Å². The highest BCUT2D eigenvalue weighted by Gasteiger charge is 2.26. The molecule has 1 aliphatic rings. The Kier molecular flexibility index (Phi) is 3.72. The second kappa shape index (κ2) is 4.61. The lowest BCUT2D eigenvalue weighted by atomic mass is 10.0. The van der Waals surface area contributed by atoms with Crippen molar-refractivity contribution in [3.05, 3.63) is 0 Å². The number of carbonyl (C=O) groups is 1. The lowest BCUT2D eigenvalue weighted by molar-refractivity contribution is -0.138. The summed E-state index contributed by atoms with van der Waals surface area (Å²) < 4.78 is 0. The topological polar surface area (TPSA) is 40.5 Å². The van der Waals surface area contributed by atoms with Gasteiger partial charge in [-0.15, -0.1) is 0 Å². The number of carboxylic acids is 1. The van der Waals surface area contributed by atoms with Gasteiger partial charge in [-0.25, -0.2) is 0 Å². The molecule has 1 atom stereocenters. The van der Waals surface area contributed by atoms with Crippen molar-refractivity contribution in [2.45, 2.75) is 39.2 Å². The Bertz CT molecular complexity index is 180. The monoisotopic (exact) mass is 185 g/mol. The molecule has 0 aromatic heterocycles. The molecular weight excluding hydrogens is 166 g/mol. The van der Waals surface area contributed by atoms with Gasteiger partial charge in [-0.3, -0.25) is 9.69 Å². The number of rotatable bonds is 4. The standard InChI is InChI=1S/C10H19NO2/c1-8(2)6-9-4-3-5-11(9)7-10(12)13/h8-9H,3-7H2,1-2H3,(H,12,13)/t9-/m1/s1. The molecule has 0 aromatic carbocycles. The molecule has 0 amide bonds. The summed E-state index contributed by atoms with van der Waals surface area (Å²) in [6, 6.07) is 0.510. The summed E-state index contributed by atoms with van der Waals surface area (Å²) >= 11 is 0. The molecule has 0 saturated carbocycles. The summed E-state index contributed by atoms with van der Waals surface area (Å²) in [5.74, 6) is -0.0324. The number of likely N-dealkylation sites (tertiary alicyclic amines) is 1. The van der Waals surface area contributed by atoms with Gasteiger partial charge in [0.15, 0.2) is 0 Å². The Morgan fingerprint density at radius 3 is 2.85 bits per heavy atom. The summed E-state index contributed by atoms with van der Waals surface area (Å²) in [6.07, 6.45) is 3.46. The number of carboxylic acid groups (broad SMARTS) is 1. The van der Waals surface area contributed by atoms with Crippen LogP contribution >= 0.6 is 0 Å². The predicted molar refractivity (Wildman–Crippen MR) is 51.7 cm³/mol. The Morgan fingerprint density at radius 2 is 2.31 bits per heavy atom. The quantitative estimate of drug-likeness (QED) is 0.723. The molecule has 13 heavy (non-hydrogen) atoms. The molecule has 0 unspecified atom stereocenters. The first-order chi connectivity index (χ1) is 6.09. The van der Waals surface area contributed by atoms with Gasteiger partial charge in [-0.2, -0.15) is 0 Å². The highest BCUT2D eigenvalue weighted by Crippen LogP contribution is 2.22. The number of hydrogen-bond acceptors (Lipinski definition) is 2. The molecule has 1 heterocycles. The third-order valence-electron chi connectivity index (χ3n) is 2.58. The van der Waals surface area contributed by atoms with Crippen LogP contribution < -0.4 is 0 Å². The van der Waals surface area contributed by atoms with Crippen molar-refractivity contribution in [3.63, 3.8) is 0 Å². The molecule has 3 nitrogen and oxygen atoms in total. The van der Waals surface area contributed by atoms with E-state index in [4.69, 9.17) is 5.11 Å². The van der Waals surface area contributed by atoms with Crippen LogP contribution in [0.1, 0.15) is 33.1 Å². The zero-order valence-corrected chi connectivity index (χ0v) is 8.49. The molecule has 1 fully saturated rings. The zero-order valence-electron chi connectivity index (χ0n) is 8.49. The first kappa shape index (κ1) is 10.5. The van der Waals surface area contributed by atoms with Crippen LogP contribution in [0.2, 0.25) is 0 Å². The predicted octanol–water partition coefficient (Wildman–Crippen LogP) is 1.58. The van der Waals surface area contributed by atoms with Crippen molar-refractivity contribution in [1.82, 2.24) is 4.90 Å². The van der Waals surface area contributed by atoms with Crippen molar-refractivity contribution in [1.29, 1.82) is 0 Å². The Balaban J connectivity index is 2.39. The molecule has 0 radical (unpaired) electrons. The van der Waals surface area contributed by atoms with Gasteiger partial charge in [0.05, 0.1) is 6.54 Å². The van der Waals surface area contributed by atoms with Crippen molar-refractivity contribution < 1.29 is 9.90 Å². The normalized spacial score (nSPS) is 24.1. The van der Waals surface area contributed by atoms with E-state index in [1.165, 1.54) is 6.42 Å². The van der Waals surface area contributed by atoms with Crippen molar-refractivity contribution >= 4 is 5.97 Å². The average molecular weight is 185 g/mol. The van der Waals surface area contributed by atoms with E-state index >= 15 is 0 Å². The largest absolute Gasteiger partial charge is 0.480 e. The van der Waals surface area contributed by atoms with E-state index in [9.17, 15) is 4.79 Å². The highest BCUT2D eigenvalue weighted by atomic mass is 16.4. The summed E-state index contributed by atoms with van der Waals surface area (Å²) in [4.78, 5) is 12.6. The fourth-order valence-electron chi connectivity index (χ4n) is 2.09. The molecule has 1 aliphatic heterocycles. The summed E-state index contributed by atoms with van der Waals surface area (Å²) in [5, 5.41) is 8.68. The molecule has 0 aromatic rings. The average Bonchev–Trinajstić information content (AvgIpc) is 2.34. The molecule has 0 bridgehead atoms. The second-order valence-corrected chi connectivity index (χ2v) is 4.29. The molecule has 1 saturated heterocycles. The van der Waals surface area contributed by atoms with Crippen LogP contribution in [0.3, 0.4) is 0 Å². The molecule has 1 rings (SSSR count). The molecule has 76 valence electrons. The highest BCUT2D eigenvalue weighted by molar-refractivity contribution is 5.69. The zero-order chi connectivity index (χ0) is 9.84. The SMILES string of the molecule is CC(C)C[C@H]1CCCN1CC(=O)O. The number of nitrogens with zero attached hydrogens (tertiary/aromatic N) is 1. The van der Waals surface area contributed by atoms with Crippen LogP contribution in [-0.4, -0.2) is 35.1 Å². The first-order valence-corrected chi connectivity index (χ1v) is 5.05. The fraction of sp³-hybridized carbons (Fsp3) is 0.900. The van der Waals surface area contributed by atoms with Crippen LogP contribution in [0.4, 0.5) is 0 Å². The van der Waals surface area contributed by atoms with E-state index in [2.05, 4.69) is 18.7 Å². The van der Waals surface area contributed by atoms with Gasteiger partial charge in [0.2, 0.25) is 0 Å². The minimum Gasteiger partial charge on any atom is -0.480 e. The molecule has 3 heteroatoms. The fourth-order valence-corrected chi connectivity index (χ4v) is 2.09. The summed E-state index contributed by atoms with van der Waals surface area (Å²) in [5.41, 5.74) is 0. The van der Waals surface area contributed by atoms with E-state index in [1.807, 2.05) is 0 Å². The van der Waals surface area contributed by atoms with Crippen molar-refractivity contribution in [2.24, 2.45) is 5.92 Å². The van der Waals surface area contributed by atoms with E-state index in [-0.39, 0.29) is 6.54 Å². The van der Waals surface area contributed by atoms with E-state index in [0.29, 0.717) is 12.0 Å². The smallest absolute Gasteiger partial charge is 0.317 e. The lowest BCUT2D eigenvalue weighted by Crippen LogP contribution is -2.34. The first-order valence-electron chi connectivity index (χ1n) is 5.05. The lowest BCUT2D eigenvalue weighted by Gasteiger charge is -2.23. The van der Waals surface area contributed by atoms with Crippen LogP contribution in [0.5, 0.6) is 0 Å². The second-order valence-electron chi connectivity index (χ2n) is 4.29. The van der Waals surface area contributed by atoms with Gasteiger partial charge in [-0.1, -0.05) is 13.8 Å². The number of hydrogen-bond donors (Lipinski definition) is 1. The van der Waals surface area contributed by atoms with Gasteiger partial charge < -0.3 is 5.11 Å². The Hall–Kier alpha value is -0.570. The maximum atomic E-state index is 10.5. The third kappa shape index (κ3) is 3.35. The maximum Gasteiger partial charge on any atom is 0.317 e.